The van der Waals surface area contributed by atoms with Crippen molar-refractivity contribution in [1.82, 2.24) is 13.7 Å². The molecule has 0 aliphatic carbocycles. The molecule has 4 nitrogen and oxygen atoms in total. The van der Waals surface area contributed by atoms with Crippen molar-refractivity contribution in [3.63, 3.8) is 0 Å². The van der Waals surface area contributed by atoms with Crippen LogP contribution in [0.4, 0.5) is 17.1 Å². The highest BCUT2D eigenvalue weighted by Crippen LogP contribution is 2.41. The van der Waals surface area contributed by atoms with Crippen molar-refractivity contribution in [2.75, 3.05) is 4.90 Å². The highest BCUT2D eigenvalue weighted by molar-refractivity contribution is 6.14. The first-order valence-corrected chi connectivity index (χ1v) is 24.0. The zero-order valence-electron chi connectivity index (χ0n) is 38.2. The Morgan fingerprint density at radius 2 is 0.514 bits per heavy atom. The Morgan fingerprint density at radius 1 is 0.200 bits per heavy atom. The van der Waals surface area contributed by atoms with Crippen molar-refractivity contribution >= 4 is 82.5 Å². The average Bonchev–Trinajstić information content (AvgIpc) is 4.07. The van der Waals surface area contributed by atoms with Crippen LogP contribution in [0.2, 0.25) is 0 Å². The highest BCUT2D eigenvalue weighted by Gasteiger charge is 2.19. The number of para-hydroxylation sites is 6. The third kappa shape index (κ3) is 6.38. The third-order valence-electron chi connectivity index (χ3n) is 14.2. The fraction of sp³-hybridized carbons (Fsp3) is 0. The molecule has 70 heavy (non-hydrogen) atoms. The summed E-state index contributed by atoms with van der Waals surface area (Å²) in [5.41, 5.74) is 18.6. The normalized spacial score (nSPS) is 11.7. The summed E-state index contributed by atoms with van der Waals surface area (Å²) in [6, 6.07) is 97.1. The van der Waals surface area contributed by atoms with Gasteiger partial charge in [-0.05, 0) is 144 Å². The Hall–Kier alpha value is -9.38. The van der Waals surface area contributed by atoms with Crippen LogP contribution in [-0.4, -0.2) is 13.7 Å². The van der Waals surface area contributed by atoms with Gasteiger partial charge in [0, 0.05) is 66.4 Å². The van der Waals surface area contributed by atoms with E-state index in [4.69, 9.17) is 0 Å². The van der Waals surface area contributed by atoms with Crippen molar-refractivity contribution in [3.05, 3.63) is 267 Å². The SMILES string of the molecule is c1ccc(N(c2ccccc2)c2ccc(-c3ccc4c(c3)c3cc(-c5ccc6c(c5)c5ccccc5n6-c5cccc(-n6c7ccccc7c7ccccc76)c5)ccc3n4-c3ccccc3)cc2)cc1. The molecule has 4 heteroatoms. The maximum absolute atomic E-state index is 2.43. The molecule has 0 spiro atoms. The first-order chi connectivity index (χ1) is 34.7. The molecule has 0 amide bonds. The fourth-order valence-electron chi connectivity index (χ4n) is 11.0. The van der Waals surface area contributed by atoms with Crippen molar-refractivity contribution in [1.29, 1.82) is 0 Å². The van der Waals surface area contributed by atoms with E-state index in [9.17, 15) is 0 Å². The van der Waals surface area contributed by atoms with E-state index in [1.54, 1.807) is 0 Å². The predicted molar refractivity (Wildman–Crippen MR) is 295 cm³/mol. The summed E-state index contributed by atoms with van der Waals surface area (Å²) in [6.07, 6.45) is 0. The molecule has 14 aromatic rings. The number of hydrogen-bond acceptors (Lipinski definition) is 1. The summed E-state index contributed by atoms with van der Waals surface area (Å²) >= 11 is 0. The lowest BCUT2D eigenvalue weighted by Crippen LogP contribution is -2.09. The van der Waals surface area contributed by atoms with E-state index in [0.717, 1.165) is 34.1 Å². The van der Waals surface area contributed by atoms with E-state index in [-0.39, 0.29) is 0 Å². The number of aromatic nitrogens is 3. The van der Waals surface area contributed by atoms with Gasteiger partial charge < -0.3 is 18.6 Å². The Balaban J connectivity index is 0.885. The number of nitrogens with zero attached hydrogens (tertiary/aromatic N) is 4. The van der Waals surface area contributed by atoms with Crippen LogP contribution in [0.1, 0.15) is 0 Å². The molecule has 0 aliphatic heterocycles. The summed E-state index contributed by atoms with van der Waals surface area (Å²) < 4.78 is 7.23. The molecule has 0 aliphatic rings. The van der Waals surface area contributed by atoms with E-state index < -0.39 is 0 Å². The first kappa shape index (κ1) is 39.8. The number of fused-ring (bicyclic) bond motifs is 9. The predicted octanol–water partition coefficient (Wildman–Crippen LogP) is 17.8. The quantitative estimate of drug-likeness (QED) is 0.149. The third-order valence-corrected chi connectivity index (χ3v) is 14.2. The van der Waals surface area contributed by atoms with Gasteiger partial charge in [0.1, 0.15) is 0 Å². The minimum atomic E-state index is 1.11. The van der Waals surface area contributed by atoms with Gasteiger partial charge in [-0.1, -0.05) is 146 Å². The van der Waals surface area contributed by atoms with Crippen LogP contribution in [0.3, 0.4) is 0 Å². The topological polar surface area (TPSA) is 18.0 Å². The van der Waals surface area contributed by atoms with Crippen LogP contribution >= 0.6 is 0 Å². The second-order valence-electron chi connectivity index (χ2n) is 18.2. The van der Waals surface area contributed by atoms with E-state index in [2.05, 4.69) is 286 Å². The number of anilines is 3. The first-order valence-electron chi connectivity index (χ1n) is 24.0. The van der Waals surface area contributed by atoms with Gasteiger partial charge in [-0.2, -0.15) is 0 Å². The molecule has 0 saturated heterocycles. The number of hydrogen-bond donors (Lipinski definition) is 0. The van der Waals surface area contributed by atoms with Gasteiger partial charge in [-0.3, -0.25) is 0 Å². The van der Waals surface area contributed by atoms with Gasteiger partial charge in [0.25, 0.3) is 0 Å². The Bertz CT molecular complexity index is 4180. The molecule has 0 bridgehead atoms. The summed E-state index contributed by atoms with van der Waals surface area (Å²) in [5.74, 6) is 0. The van der Waals surface area contributed by atoms with E-state index in [1.807, 2.05) is 0 Å². The Morgan fingerprint density at radius 3 is 0.986 bits per heavy atom. The van der Waals surface area contributed by atoms with Gasteiger partial charge >= 0.3 is 0 Å². The molecule has 3 aromatic heterocycles. The molecule has 11 aromatic carbocycles. The molecule has 0 saturated carbocycles. The van der Waals surface area contributed by atoms with E-state index in [1.165, 1.54) is 87.7 Å². The molecule has 3 heterocycles. The number of rotatable bonds is 8. The van der Waals surface area contributed by atoms with Crippen LogP contribution < -0.4 is 4.90 Å². The molecule has 328 valence electrons. The van der Waals surface area contributed by atoms with Crippen LogP contribution in [0, 0.1) is 0 Å². The lowest BCUT2D eigenvalue weighted by atomic mass is 9.99. The lowest BCUT2D eigenvalue weighted by molar-refractivity contribution is 1.13. The fourth-order valence-corrected chi connectivity index (χ4v) is 11.0. The second-order valence-corrected chi connectivity index (χ2v) is 18.2. The van der Waals surface area contributed by atoms with Gasteiger partial charge in [0.15, 0.2) is 0 Å². The van der Waals surface area contributed by atoms with Gasteiger partial charge in [0.2, 0.25) is 0 Å². The summed E-state index contributed by atoms with van der Waals surface area (Å²) in [6.45, 7) is 0. The summed E-state index contributed by atoms with van der Waals surface area (Å²) in [5, 5.41) is 7.42. The molecule has 0 radical (unpaired) electrons. The molecular weight excluding hydrogens is 849 g/mol. The average molecular weight is 893 g/mol. The van der Waals surface area contributed by atoms with Crippen LogP contribution in [-0.2, 0) is 0 Å². The summed E-state index contributed by atoms with van der Waals surface area (Å²) in [7, 11) is 0. The molecule has 0 unspecified atom stereocenters. The van der Waals surface area contributed by atoms with Gasteiger partial charge in [-0.15, -0.1) is 0 Å². The monoisotopic (exact) mass is 892 g/mol. The smallest absolute Gasteiger partial charge is 0.0541 e. The number of benzene rings is 11. The maximum atomic E-state index is 2.43. The molecule has 0 N–H and O–H groups in total. The molecule has 0 atom stereocenters. The lowest BCUT2D eigenvalue weighted by Gasteiger charge is -2.25. The minimum Gasteiger partial charge on any atom is -0.311 e. The van der Waals surface area contributed by atoms with E-state index >= 15 is 0 Å². The van der Waals surface area contributed by atoms with Crippen molar-refractivity contribution in [3.8, 4) is 39.3 Å². The minimum absolute atomic E-state index is 1.11. The second kappa shape index (κ2) is 16.2. The van der Waals surface area contributed by atoms with Crippen LogP contribution in [0.25, 0.3) is 105 Å². The molecule has 0 fully saturated rings. The maximum Gasteiger partial charge on any atom is 0.0541 e. The van der Waals surface area contributed by atoms with Crippen LogP contribution in [0.5, 0.6) is 0 Å². The van der Waals surface area contributed by atoms with Crippen LogP contribution in [0.15, 0.2) is 267 Å². The largest absolute Gasteiger partial charge is 0.311 e. The molecule has 14 rings (SSSR count). The van der Waals surface area contributed by atoms with Gasteiger partial charge in [0.05, 0.1) is 33.1 Å². The summed E-state index contributed by atoms with van der Waals surface area (Å²) in [4.78, 5) is 2.31. The van der Waals surface area contributed by atoms with Crippen molar-refractivity contribution < 1.29 is 0 Å². The van der Waals surface area contributed by atoms with Crippen molar-refractivity contribution in [2.45, 2.75) is 0 Å². The van der Waals surface area contributed by atoms with E-state index in [0.29, 0.717) is 0 Å². The standard InChI is InChI=1S/C66H44N4/c1-4-17-49(18-5-1)67(50-19-6-2-7-20-50)52-36-31-45(32-37-52)46-33-38-65-59(41-46)60-43-48(35-40-66(60)68(65)51-21-8-3-9-22-51)47-34-39-64-58(42-47)57-27-12-15-30-63(57)70(64)54-24-16-23-53(44-54)69-61-28-13-10-25-55(61)56-26-11-14-29-62(56)69/h1-44H. The zero-order chi connectivity index (χ0) is 46.1. The highest BCUT2D eigenvalue weighted by atomic mass is 15.1. The van der Waals surface area contributed by atoms with Gasteiger partial charge in [-0.25, -0.2) is 0 Å². The van der Waals surface area contributed by atoms with Crippen molar-refractivity contribution in [2.24, 2.45) is 0 Å². The molecular formula is C66H44N4. The Kier molecular flexibility index (Phi) is 9.17. The zero-order valence-corrected chi connectivity index (χ0v) is 38.2. The Labute approximate surface area is 405 Å².